The van der Waals surface area contributed by atoms with E-state index in [1.54, 1.807) is 18.2 Å². The zero-order valence-corrected chi connectivity index (χ0v) is 7.36. The van der Waals surface area contributed by atoms with Crippen molar-refractivity contribution in [2.45, 2.75) is 6.42 Å². The van der Waals surface area contributed by atoms with Crippen LogP contribution in [0.3, 0.4) is 0 Å². The average Bonchev–Trinajstić information content (AvgIpc) is 2.16. The Bertz CT molecular complexity index is 444. The molecule has 70 valence electrons. The molecule has 0 amide bonds. The number of hydrogen-bond donors (Lipinski definition) is 1. The maximum absolute atomic E-state index is 11.0. The first-order chi connectivity index (χ1) is 6.66. The summed E-state index contributed by atoms with van der Waals surface area (Å²) in [5, 5.41) is 8.75. The van der Waals surface area contributed by atoms with E-state index in [1.807, 2.05) is 0 Å². The van der Waals surface area contributed by atoms with Crippen LogP contribution in [0.4, 0.5) is 0 Å². The van der Waals surface area contributed by atoms with Crippen molar-refractivity contribution < 1.29 is 14.7 Å². The number of aromatic carboxylic acids is 1. The highest BCUT2D eigenvalue weighted by Gasteiger charge is 2.12. The van der Waals surface area contributed by atoms with Crippen LogP contribution >= 0.6 is 0 Å². The minimum Gasteiger partial charge on any atom is -0.478 e. The molecule has 3 nitrogen and oxygen atoms in total. The van der Waals surface area contributed by atoms with Gasteiger partial charge in [-0.3, -0.25) is 4.79 Å². The summed E-state index contributed by atoms with van der Waals surface area (Å²) in [5.74, 6) is -0.890. The largest absolute Gasteiger partial charge is 0.478 e. The van der Waals surface area contributed by atoms with Gasteiger partial charge in [-0.15, -0.1) is 0 Å². The number of rotatable bonds is 1. The maximum Gasteiger partial charge on any atom is 0.335 e. The van der Waals surface area contributed by atoms with Gasteiger partial charge in [0.05, 0.1) is 5.56 Å². The molecule has 0 saturated carbocycles. The number of hydrogen-bond acceptors (Lipinski definition) is 2. The first-order valence-corrected chi connectivity index (χ1v) is 4.24. The van der Waals surface area contributed by atoms with Crippen LogP contribution in [-0.2, 0) is 11.2 Å². The topological polar surface area (TPSA) is 54.4 Å². The predicted octanol–water partition coefficient (Wildman–Crippen LogP) is 1.52. The van der Waals surface area contributed by atoms with Crippen LogP contribution in [-0.4, -0.2) is 16.9 Å². The van der Waals surface area contributed by atoms with Crippen LogP contribution < -0.4 is 0 Å². The van der Waals surface area contributed by atoms with Gasteiger partial charge in [-0.2, -0.15) is 0 Å². The lowest BCUT2D eigenvalue weighted by atomic mass is 9.95. The SMILES string of the molecule is O=C1C=Cc2cc(C(=O)O)ccc2C1. The molecule has 1 aliphatic carbocycles. The first-order valence-electron chi connectivity index (χ1n) is 4.24. The molecule has 1 aromatic carbocycles. The highest BCUT2D eigenvalue weighted by Crippen LogP contribution is 2.18. The Morgan fingerprint density at radius 3 is 2.79 bits per heavy atom. The van der Waals surface area contributed by atoms with Crippen molar-refractivity contribution in [2.24, 2.45) is 0 Å². The Morgan fingerprint density at radius 2 is 2.07 bits per heavy atom. The predicted molar refractivity (Wildman–Crippen MR) is 51.1 cm³/mol. The normalized spacial score (nSPS) is 13.9. The van der Waals surface area contributed by atoms with E-state index >= 15 is 0 Å². The Hall–Kier alpha value is -1.90. The van der Waals surface area contributed by atoms with E-state index in [2.05, 4.69) is 0 Å². The molecule has 0 aliphatic heterocycles. The monoisotopic (exact) mass is 188 g/mol. The van der Waals surface area contributed by atoms with Crippen LogP contribution in [0, 0.1) is 0 Å². The molecule has 0 fully saturated rings. The van der Waals surface area contributed by atoms with Crippen molar-refractivity contribution >= 4 is 17.8 Å². The Balaban J connectivity index is 2.49. The molecule has 0 bridgehead atoms. The van der Waals surface area contributed by atoms with Gasteiger partial charge in [0, 0.05) is 6.42 Å². The summed E-state index contributed by atoms with van der Waals surface area (Å²) < 4.78 is 0. The first kappa shape index (κ1) is 8.69. The van der Waals surface area contributed by atoms with Gasteiger partial charge in [-0.25, -0.2) is 4.79 Å². The van der Waals surface area contributed by atoms with Gasteiger partial charge in [0.15, 0.2) is 5.78 Å². The third-order valence-corrected chi connectivity index (χ3v) is 2.21. The minimum absolute atomic E-state index is 0.0561. The van der Waals surface area contributed by atoms with Crippen LogP contribution in [0.5, 0.6) is 0 Å². The quantitative estimate of drug-likeness (QED) is 0.727. The summed E-state index contributed by atoms with van der Waals surface area (Å²) in [6.45, 7) is 0. The van der Waals surface area contributed by atoms with Crippen molar-refractivity contribution in [3.63, 3.8) is 0 Å². The van der Waals surface area contributed by atoms with Crippen LogP contribution in [0.1, 0.15) is 21.5 Å². The molecule has 1 N–H and O–H groups in total. The van der Waals surface area contributed by atoms with Crippen LogP contribution in [0.2, 0.25) is 0 Å². The second-order valence-corrected chi connectivity index (χ2v) is 3.20. The molecule has 0 heterocycles. The summed E-state index contributed by atoms with van der Waals surface area (Å²) in [5.41, 5.74) is 1.97. The smallest absolute Gasteiger partial charge is 0.335 e. The molecule has 0 spiro atoms. The molecule has 1 aliphatic rings. The van der Waals surface area contributed by atoms with E-state index in [-0.39, 0.29) is 11.3 Å². The number of allylic oxidation sites excluding steroid dienone is 1. The van der Waals surface area contributed by atoms with Gasteiger partial charge in [0.25, 0.3) is 0 Å². The van der Waals surface area contributed by atoms with Crippen molar-refractivity contribution in [2.75, 3.05) is 0 Å². The lowest BCUT2D eigenvalue weighted by molar-refractivity contribution is -0.114. The summed E-state index contributed by atoms with van der Waals surface area (Å²) in [6, 6.07) is 4.80. The van der Waals surface area contributed by atoms with Crippen molar-refractivity contribution in [3.05, 3.63) is 41.0 Å². The van der Waals surface area contributed by atoms with E-state index in [0.29, 0.717) is 6.42 Å². The third kappa shape index (κ3) is 1.44. The zero-order chi connectivity index (χ0) is 10.1. The van der Waals surface area contributed by atoms with E-state index < -0.39 is 5.97 Å². The van der Waals surface area contributed by atoms with E-state index in [9.17, 15) is 9.59 Å². The number of ketones is 1. The van der Waals surface area contributed by atoms with Crippen molar-refractivity contribution in [1.82, 2.24) is 0 Å². The molecule has 0 atom stereocenters. The minimum atomic E-state index is -0.946. The highest BCUT2D eigenvalue weighted by atomic mass is 16.4. The molecule has 3 heteroatoms. The molecular formula is C11H8O3. The van der Waals surface area contributed by atoms with E-state index in [4.69, 9.17) is 5.11 Å². The van der Waals surface area contributed by atoms with E-state index in [1.165, 1.54) is 12.1 Å². The molecule has 0 aromatic heterocycles. The summed E-state index contributed by atoms with van der Waals surface area (Å²) in [7, 11) is 0. The maximum atomic E-state index is 11.0. The van der Waals surface area contributed by atoms with Gasteiger partial charge < -0.3 is 5.11 Å². The summed E-state index contributed by atoms with van der Waals surface area (Å²) >= 11 is 0. The fourth-order valence-electron chi connectivity index (χ4n) is 1.47. The molecule has 14 heavy (non-hydrogen) atoms. The van der Waals surface area contributed by atoms with Crippen LogP contribution in [0.15, 0.2) is 24.3 Å². The Morgan fingerprint density at radius 1 is 1.29 bits per heavy atom. The second kappa shape index (κ2) is 3.10. The number of benzene rings is 1. The number of carbonyl (C=O) groups is 2. The molecule has 0 radical (unpaired) electrons. The van der Waals surface area contributed by atoms with Gasteiger partial charge in [0.2, 0.25) is 0 Å². The van der Waals surface area contributed by atoms with Crippen molar-refractivity contribution in [1.29, 1.82) is 0 Å². The zero-order valence-electron chi connectivity index (χ0n) is 7.36. The fraction of sp³-hybridized carbons (Fsp3) is 0.0909. The van der Waals surface area contributed by atoms with Gasteiger partial charge in [-0.05, 0) is 29.3 Å². The van der Waals surface area contributed by atoms with Crippen LogP contribution in [0.25, 0.3) is 6.08 Å². The fourth-order valence-corrected chi connectivity index (χ4v) is 1.47. The molecule has 2 rings (SSSR count). The molecular weight excluding hydrogens is 180 g/mol. The summed E-state index contributed by atoms with van der Waals surface area (Å²) in [6.07, 6.45) is 3.51. The number of carboxylic acid groups (broad SMARTS) is 1. The second-order valence-electron chi connectivity index (χ2n) is 3.20. The molecule has 0 unspecified atom stereocenters. The third-order valence-electron chi connectivity index (χ3n) is 2.21. The standard InChI is InChI=1S/C11H8O3/c12-10-4-3-7-5-9(11(13)14)2-1-8(7)6-10/h1-5H,6H2,(H,13,14). The summed E-state index contributed by atoms with van der Waals surface area (Å²) in [4.78, 5) is 21.7. The highest BCUT2D eigenvalue weighted by molar-refractivity contribution is 5.99. The van der Waals surface area contributed by atoms with E-state index in [0.717, 1.165) is 11.1 Å². The lowest BCUT2D eigenvalue weighted by Crippen LogP contribution is -2.06. The van der Waals surface area contributed by atoms with Gasteiger partial charge in [-0.1, -0.05) is 12.1 Å². The number of carbonyl (C=O) groups excluding carboxylic acids is 1. The average molecular weight is 188 g/mol. The Kier molecular flexibility index (Phi) is 1.93. The van der Waals surface area contributed by atoms with Gasteiger partial charge in [0.1, 0.15) is 0 Å². The number of fused-ring (bicyclic) bond motifs is 1. The number of carboxylic acids is 1. The van der Waals surface area contributed by atoms with Crippen molar-refractivity contribution in [3.8, 4) is 0 Å². The lowest BCUT2D eigenvalue weighted by Gasteiger charge is -2.09. The Labute approximate surface area is 80.7 Å². The van der Waals surface area contributed by atoms with Gasteiger partial charge >= 0.3 is 5.97 Å². The molecule has 1 aromatic rings. The molecule has 0 saturated heterocycles.